The Kier molecular flexibility index (Phi) is 12.7. The van der Waals surface area contributed by atoms with E-state index >= 15 is 0 Å². The van der Waals surface area contributed by atoms with Crippen molar-refractivity contribution in [2.45, 2.75) is 61.8 Å². The van der Waals surface area contributed by atoms with Crippen LogP contribution in [0.3, 0.4) is 0 Å². The lowest BCUT2D eigenvalue weighted by Gasteiger charge is -2.10. The number of hydrogen-bond acceptors (Lipinski definition) is 0. The summed E-state index contributed by atoms with van der Waals surface area (Å²) in [7, 11) is 0. The molecular weight excluding hydrogens is 573 g/mol. The third-order valence-electron chi connectivity index (χ3n) is 6.49. The van der Waals surface area contributed by atoms with Crippen LogP contribution >= 0.6 is 20.7 Å². The summed E-state index contributed by atoms with van der Waals surface area (Å²) in [5.74, 6) is 0. The maximum Gasteiger partial charge on any atom is 0.0535 e. The molecule has 0 saturated heterocycles. The number of aromatic amines is 1. The summed E-state index contributed by atoms with van der Waals surface area (Å²) >= 11 is -0.174. The fourth-order valence-electron chi connectivity index (χ4n) is 4.22. The smallest absolute Gasteiger partial charge is 0.0535 e. The van der Waals surface area contributed by atoms with E-state index in [0.29, 0.717) is 0 Å². The molecule has 0 unspecified atom stereocenters. The summed E-state index contributed by atoms with van der Waals surface area (Å²) in [5, 5.41) is 1.23. The first-order chi connectivity index (χ1) is 18.2. The molecule has 3 rings (SSSR count). The predicted octanol–water partition coefficient (Wildman–Crippen LogP) is 11.4. The highest BCUT2D eigenvalue weighted by Crippen LogP contribution is 2.28. The van der Waals surface area contributed by atoms with Crippen molar-refractivity contribution in [2.75, 3.05) is 0 Å². The maximum absolute atomic E-state index is 4.39. The van der Waals surface area contributed by atoms with Crippen LogP contribution in [0.15, 0.2) is 94.7 Å². The minimum absolute atomic E-state index is 0.174. The normalized spacial score (nSPS) is 13.0. The van der Waals surface area contributed by atoms with E-state index in [1.807, 2.05) is 26.8 Å². The lowest BCUT2D eigenvalue weighted by Crippen LogP contribution is -1.93. The molecule has 0 spiro atoms. The van der Waals surface area contributed by atoms with Gasteiger partial charge in [-0.3, -0.25) is 0 Å². The molecule has 200 valence electrons. The van der Waals surface area contributed by atoms with Gasteiger partial charge in [0.15, 0.2) is 0 Å². The average Bonchev–Trinajstić information content (AvgIpc) is 3.32. The van der Waals surface area contributed by atoms with E-state index in [2.05, 4.69) is 122 Å². The Labute approximate surface area is 241 Å². The van der Waals surface area contributed by atoms with Crippen LogP contribution in [0.25, 0.3) is 28.1 Å². The first-order valence-electron chi connectivity index (χ1n) is 13.4. The number of hydrogen-bond donors (Lipinski definition) is 1. The summed E-state index contributed by atoms with van der Waals surface area (Å²) in [6.45, 7) is 25.5. The van der Waals surface area contributed by atoms with Gasteiger partial charge in [0.2, 0.25) is 0 Å². The molecule has 38 heavy (non-hydrogen) atoms. The van der Waals surface area contributed by atoms with Crippen LogP contribution in [-0.2, 0) is 6.42 Å². The molecule has 0 aliphatic heterocycles. The van der Waals surface area contributed by atoms with Crippen LogP contribution in [0.5, 0.6) is 0 Å². The molecule has 0 fully saturated rings. The lowest BCUT2D eigenvalue weighted by molar-refractivity contribution is 1.09. The second-order valence-electron chi connectivity index (χ2n) is 9.30. The van der Waals surface area contributed by atoms with Crippen molar-refractivity contribution < 1.29 is 0 Å². The summed E-state index contributed by atoms with van der Waals surface area (Å²) < 4.78 is 4.71. The van der Waals surface area contributed by atoms with Crippen molar-refractivity contribution in [3.8, 4) is 0 Å². The molecule has 0 amide bonds. The number of benzene rings is 2. The Morgan fingerprint density at radius 2 is 1.61 bits per heavy atom. The van der Waals surface area contributed by atoms with Gasteiger partial charge in [-0.05, 0) is 89.1 Å². The fourth-order valence-corrected chi connectivity index (χ4v) is 6.20. The van der Waals surface area contributed by atoms with E-state index in [1.54, 1.807) is 0 Å². The number of para-hydroxylation sites is 1. The van der Waals surface area contributed by atoms with Crippen LogP contribution in [0.4, 0.5) is 0 Å². The molecule has 0 aliphatic rings. The molecule has 0 aliphatic carbocycles. The molecule has 1 nitrogen and oxygen atoms in total. The SMILES string of the molecule is C=C(C=I/C=C(C)/C(C)=C/C)c1cccc(/C=C(\C)Cc2cc3cccc(C(=C)/C=C/C)c3[nH]2)c1C.CC. The van der Waals surface area contributed by atoms with E-state index < -0.39 is 0 Å². The largest absolute Gasteiger partial charge is 0.358 e. The summed E-state index contributed by atoms with van der Waals surface area (Å²) in [6.07, 6.45) is 9.45. The van der Waals surface area contributed by atoms with E-state index in [1.165, 1.54) is 44.5 Å². The summed E-state index contributed by atoms with van der Waals surface area (Å²) in [6, 6.07) is 15.2. The van der Waals surface area contributed by atoms with Gasteiger partial charge in [0, 0.05) is 23.1 Å². The number of aromatic nitrogens is 1. The van der Waals surface area contributed by atoms with Crippen LogP contribution in [0.2, 0.25) is 0 Å². The van der Waals surface area contributed by atoms with Crippen LogP contribution < -0.4 is 0 Å². The van der Waals surface area contributed by atoms with E-state index in [4.69, 9.17) is 0 Å². The monoisotopic (exact) mass is 617 g/mol. The zero-order valence-corrected chi connectivity index (χ0v) is 26.7. The number of allylic oxidation sites excluding steroid dienone is 8. The van der Waals surface area contributed by atoms with Gasteiger partial charge in [0.05, 0.1) is 5.52 Å². The van der Waals surface area contributed by atoms with Gasteiger partial charge in [0.25, 0.3) is 0 Å². The average molecular weight is 618 g/mol. The molecule has 0 radical (unpaired) electrons. The van der Waals surface area contributed by atoms with Crippen LogP contribution in [0, 0.1) is 6.92 Å². The fraction of sp³-hybridized carbons (Fsp3) is 0.250. The maximum atomic E-state index is 4.39. The van der Waals surface area contributed by atoms with Crippen molar-refractivity contribution in [3.05, 3.63) is 123 Å². The van der Waals surface area contributed by atoms with Crippen molar-refractivity contribution in [1.29, 1.82) is 0 Å². The van der Waals surface area contributed by atoms with Crippen molar-refractivity contribution >= 4 is 52.9 Å². The number of rotatable bonds is 9. The zero-order valence-electron chi connectivity index (χ0n) is 24.5. The van der Waals surface area contributed by atoms with Gasteiger partial charge in [-0.1, -0.05) is 120 Å². The third kappa shape index (κ3) is 8.26. The zero-order chi connectivity index (χ0) is 28.2. The number of nitrogens with one attached hydrogen (secondary N) is 1. The Hall–Kier alpha value is -2.98. The molecule has 1 heterocycles. The van der Waals surface area contributed by atoms with Gasteiger partial charge >= 0.3 is 0 Å². The Morgan fingerprint density at radius 3 is 2.29 bits per heavy atom. The lowest BCUT2D eigenvalue weighted by atomic mass is 9.96. The Morgan fingerprint density at radius 1 is 0.921 bits per heavy atom. The summed E-state index contributed by atoms with van der Waals surface area (Å²) in [4.78, 5) is 3.65. The highest BCUT2D eigenvalue weighted by Gasteiger charge is 2.09. The quantitative estimate of drug-likeness (QED) is 0.182. The van der Waals surface area contributed by atoms with Crippen LogP contribution in [0.1, 0.15) is 76.4 Å². The van der Waals surface area contributed by atoms with Gasteiger partial charge in [-0.2, -0.15) is 0 Å². The van der Waals surface area contributed by atoms with E-state index in [9.17, 15) is 0 Å². The molecule has 0 atom stereocenters. The molecular formula is C36H44IN. The standard InChI is InChI=1S/C34H38IN.C2H6/c1-9-13-25(5)33-17-12-15-30-20-31(36-34(30)33)19-23(3)18-29-14-11-16-32(28(29)8)27(7)22-35-21-26(6)24(4)10-2;1-2/h9-18,20-22,36H,5,7,19H2,1-4,6,8H3;1-2H3/b13-9+,23-18+,24-10+,26-21+;. The minimum Gasteiger partial charge on any atom is -0.358 e. The molecule has 1 N–H and O–H groups in total. The number of halogens is 1. The second-order valence-corrected chi connectivity index (χ2v) is 11.3. The second kappa shape index (κ2) is 15.4. The first-order valence-corrected chi connectivity index (χ1v) is 15.9. The predicted molar refractivity (Wildman–Crippen MR) is 184 cm³/mol. The van der Waals surface area contributed by atoms with Crippen molar-refractivity contribution in [3.63, 3.8) is 0 Å². The van der Waals surface area contributed by atoms with Gasteiger partial charge in [-0.15, -0.1) is 0 Å². The molecule has 0 saturated carbocycles. The van der Waals surface area contributed by atoms with Crippen molar-refractivity contribution in [1.82, 2.24) is 4.98 Å². The highest BCUT2D eigenvalue weighted by atomic mass is 127. The molecule has 3 aromatic rings. The van der Waals surface area contributed by atoms with E-state index in [0.717, 1.165) is 28.6 Å². The third-order valence-corrected chi connectivity index (χ3v) is 8.90. The summed E-state index contributed by atoms with van der Waals surface area (Å²) in [5.41, 5.74) is 13.5. The highest BCUT2D eigenvalue weighted by molar-refractivity contribution is 14.2. The number of fused-ring (bicyclic) bond motifs is 1. The van der Waals surface area contributed by atoms with Crippen LogP contribution in [-0.4, -0.2) is 9.00 Å². The Balaban J connectivity index is 0.00000247. The molecule has 2 heteroatoms. The minimum atomic E-state index is -0.174. The topological polar surface area (TPSA) is 15.8 Å². The van der Waals surface area contributed by atoms with E-state index in [-0.39, 0.29) is 20.7 Å². The first kappa shape index (κ1) is 31.2. The molecule has 1 aromatic heterocycles. The Bertz CT molecular complexity index is 1430. The van der Waals surface area contributed by atoms with Gasteiger partial charge in [-0.25, -0.2) is 0 Å². The van der Waals surface area contributed by atoms with Gasteiger partial charge in [0.1, 0.15) is 0 Å². The molecule has 0 bridgehead atoms. The number of H-pyrrole nitrogens is 1. The molecule has 2 aromatic carbocycles. The van der Waals surface area contributed by atoms with Gasteiger partial charge < -0.3 is 4.98 Å². The van der Waals surface area contributed by atoms with Crippen molar-refractivity contribution in [2.24, 2.45) is 0 Å².